The lowest BCUT2D eigenvalue weighted by molar-refractivity contribution is 0.325. The Morgan fingerprint density at radius 2 is 1.85 bits per heavy atom. The van der Waals surface area contributed by atoms with E-state index in [9.17, 15) is 0 Å². The normalized spacial score (nSPS) is 31.4. The molecule has 0 aliphatic heterocycles. The van der Waals surface area contributed by atoms with Gasteiger partial charge in [-0.25, -0.2) is 0 Å². The topological polar surface area (TPSA) is 15.8 Å². The van der Waals surface area contributed by atoms with Gasteiger partial charge in [-0.2, -0.15) is 0 Å². The average Bonchev–Trinajstić information content (AvgIpc) is 3.52. The first-order chi connectivity index (χ1) is 19.3. The number of hydrogen-bond acceptors (Lipinski definition) is 0. The lowest BCUT2D eigenvalue weighted by Gasteiger charge is -2.41. The van der Waals surface area contributed by atoms with Gasteiger partial charge in [0.2, 0.25) is 0 Å². The average molecular weight is 524 g/mol. The van der Waals surface area contributed by atoms with E-state index in [0.717, 1.165) is 29.6 Å². The van der Waals surface area contributed by atoms with Gasteiger partial charge in [0.1, 0.15) is 0 Å². The van der Waals surface area contributed by atoms with E-state index in [4.69, 9.17) is 0 Å². The van der Waals surface area contributed by atoms with Gasteiger partial charge in [0.05, 0.1) is 0 Å². The van der Waals surface area contributed by atoms with Gasteiger partial charge < -0.3 is 4.98 Å². The second-order valence-electron chi connectivity index (χ2n) is 13.5. The van der Waals surface area contributed by atoms with Gasteiger partial charge in [0, 0.05) is 11.9 Å². The number of unbranched alkanes of at least 4 members (excludes halogenated alkanes) is 1. The molecule has 0 aromatic carbocycles. The van der Waals surface area contributed by atoms with Crippen molar-refractivity contribution in [3.8, 4) is 0 Å². The summed E-state index contributed by atoms with van der Waals surface area (Å²) in [5.41, 5.74) is 10.5. The van der Waals surface area contributed by atoms with Crippen LogP contribution in [-0.4, -0.2) is 4.98 Å². The van der Waals surface area contributed by atoms with E-state index in [-0.39, 0.29) is 0 Å². The SMILES string of the molecule is CCC/C(=C\CCCc1ccc[nH]1)C1CCC(C2CC=C([C@@H]3CC=C4CCCCC4C3)CC2)=C2C=CCCC21. The van der Waals surface area contributed by atoms with E-state index in [1.165, 1.54) is 121 Å². The minimum absolute atomic E-state index is 0.776. The molecule has 1 heterocycles. The molecule has 1 fully saturated rings. The van der Waals surface area contributed by atoms with Crippen LogP contribution in [-0.2, 0) is 6.42 Å². The summed E-state index contributed by atoms with van der Waals surface area (Å²) in [6, 6.07) is 4.35. The highest BCUT2D eigenvalue weighted by Gasteiger charge is 2.36. The monoisotopic (exact) mass is 523 g/mol. The molecule has 1 heteroatoms. The third-order valence-corrected chi connectivity index (χ3v) is 11.1. The smallest absolute Gasteiger partial charge is 0.0147 e. The highest BCUT2D eigenvalue weighted by Crippen LogP contribution is 2.50. The Hall–Kier alpha value is -2.02. The summed E-state index contributed by atoms with van der Waals surface area (Å²) in [7, 11) is 0. The summed E-state index contributed by atoms with van der Waals surface area (Å²) < 4.78 is 0. The first-order valence-electron chi connectivity index (χ1n) is 16.9. The molecular weight excluding hydrogens is 470 g/mol. The molecule has 0 saturated heterocycles. The predicted molar refractivity (Wildman–Crippen MR) is 167 cm³/mol. The fourth-order valence-corrected chi connectivity index (χ4v) is 9.12. The molecule has 1 nitrogen and oxygen atoms in total. The van der Waals surface area contributed by atoms with Crippen LogP contribution in [0.25, 0.3) is 0 Å². The Morgan fingerprint density at radius 3 is 2.69 bits per heavy atom. The number of aromatic amines is 1. The maximum absolute atomic E-state index is 3.38. The summed E-state index contributed by atoms with van der Waals surface area (Å²) in [5, 5.41) is 0. The van der Waals surface area contributed by atoms with Gasteiger partial charge in [0.15, 0.2) is 0 Å². The van der Waals surface area contributed by atoms with Crippen molar-refractivity contribution in [1.29, 1.82) is 0 Å². The van der Waals surface area contributed by atoms with Crippen LogP contribution in [0.15, 0.2) is 76.6 Å². The first kappa shape index (κ1) is 27.2. The molecule has 4 unspecified atom stereocenters. The van der Waals surface area contributed by atoms with Crippen LogP contribution in [0.4, 0.5) is 0 Å². The largest absolute Gasteiger partial charge is 0.365 e. The van der Waals surface area contributed by atoms with Crippen LogP contribution in [0.2, 0.25) is 0 Å². The molecule has 0 spiro atoms. The fraction of sp³-hybridized carbons (Fsp3) is 0.632. The van der Waals surface area contributed by atoms with E-state index >= 15 is 0 Å². The lowest BCUT2D eigenvalue weighted by Crippen LogP contribution is -2.28. The maximum Gasteiger partial charge on any atom is 0.0147 e. The third kappa shape index (κ3) is 6.34. The summed E-state index contributed by atoms with van der Waals surface area (Å²) >= 11 is 0. The number of nitrogens with one attached hydrogen (secondary N) is 1. The number of H-pyrrole nitrogens is 1. The van der Waals surface area contributed by atoms with Crippen molar-refractivity contribution in [1.82, 2.24) is 4.98 Å². The Morgan fingerprint density at radius 1 is 0.949 bits per heavy atom. The van der Waals surface area contributed by atoms with Crippen LogP contribution in [0.5, 0.6) is 0 Å². The molecule has 1 N–H and O–H groups in total. The molecule has 0 amide bonds. The standard InChI is InChI=1S/C38H53N/c1-2-10-30(12-5-6-14-34-15-9-26-39-34)35-24-25-36(38-17-8-7-16-37(35)38)31-21-18-29(19-22-31)33-23-20-28-11-3-4-13-32(28)27-33/h8-9,12,15,17-18,20,26,31-33,35,37,39H,2-7,10-11,13-14,16,19,21-25,27H2,1H3/b30-12+/t31?,32?,33-,35?,37?/m1/s1. The predicted octanol–water partition coefficient (Wildman–Crippen LogP) is 11.0. The number of allylic oxidation sites excluding steroid dienone is 10. The number of fused-ring (bicyclic) bond motifs is 2. The second-order valence-corrected chi connectivity index (χ2v) is 13.5. The summed E-state index contributed by atoms with van der Waals surface area (Å²) in [6.07, 6.45) is 39.5. The zero-order valence-corrected chi connectivity index (χ0v) is 24.7. The minimum atomic E-state index is 0.776. The molecule has 1 saturated carbocycles. The maximum atomic E-state index is 3.38. The highest BCUT2D eigenvalue weighted by atomic mass is 14.7. The van der Waals surface area contributed by atoms with Crippen molar-refractivity contribution < 1.29 is 0 Å². The molecule has 39 heavy (non-hydrogen) atoms. The van der Waals surface area contributed by atoms with Gasteiger partial charge in [-0.1, -0.05) is 72.4 Å². The Balaban J connectivity index is 1.12. The fourth-order valence-electron chi connectivity index (χ4n) is 9.12. The van der Waals surface area contributed by atoms with Crippen molar-refractivity contribution in [3.63, 3.8) is 0 Å². The van der Waals surface area contributed by atoms with Crippen LogP contribution in [0, 0.1) is 29.6 Å². The molecule has 1 aromatic rings. The van der Waals surface area contributed by atoms with E-state index in [1.54, 1.807) is 11.1 Å². The second kappa shape index (κ2) is 13.1. The van der Waals surface area contributed by atoms with E-state index < -0.39 is 0 Å². The Labute approximate surface area is 239 Å². The highest BCUT2D eigenvalue weighted by molar-refractivity contribution is 5.38. The first-order valence-corrected chi connectivity index (χ1v) is 16.9. The van der Waals surface area contributed by atoms with Crippen LogP contribution >= 0.6 is 0 Å². The molecule has 6 rings (SSSR count). The number of rotatable bonds is 9. The quantitative estimate of drug-likeness (QED) is 0.245. The Bertz CT molecular complexity index is 1110. The van der Waals surface area contributed by atoms with Crippen molar-refractivity contribution in [2.75, 3.05) is 0 Å². The van der Waals surface area contributed by atoms with E-state index in [0.29, 0.717) is 0 Å². The van der Waals surface area contributed by atoms with Crippen molar-refractivity contribution in [2.24, 2.45) is 29.6 Å². The number of hydrogen-bond donors (Lipinski definition) is 1. The molecular formula is C38H53N. The summed E-state index contributed by atoms with van der Waals surface area (Å²) in [5.74, 6) is 4.14. The molecule has 0 radical (unpaired) electrons. The van der Waals surface area contributed by atoms with Crippen LogP contribution in [0.3, 0.4) is 0 Å². The van der Waals surface area contributed by atoms with Crippen LogP contribution in [0.1, 0.15) is 122 Å². The van der Waals surface area contributed by atoms with Crippen molar-refractivity contribution >= 4 is 0 Å². The minimum Gasteiger partial charge on any atom is -0.365 e. The van der Waals surface area contributed by atoms with Gasteiger partial charge in [-0.3, -0.25) is 0 Å². The zero-order chi connectivity index (χ0) is 26.4. The molecule has 0 bridgehead atoms. The van der Waals surface area contributed by atoms with Gasteiger partial charge in [-0.15, -0.1) is 0 Å². The molecule has 5 aliphatic carbocycles. The molecule has 1 aromatic heterocycles. The number of aryl methyl sites for hydroxylation is 1. The molecule has 5 aliphatic rings. The molecule has 210 valence electrons. The summed E-state index contributed by atoms with van der Waals surface area (Å²) in [6.45, 7) is 2.38. The van der Waals surface area contributed by atoms with Crippen LogP contribution < -0.4 is 0 Å². The van der Waals surface area contributed by atoms with Gasteiger partial charge in [-0.05, 0) is 150 Å². The van der Waals surface area contributed by atoms with E-state index in [1.807, 2.05) is 16.7 Å². The zero-order valence-electron chi connectivity index (χ0n) is 24.7. The lowest BCUT2D eigenvalue weighted by atomic mass is 9.64. The van der Waals surface area contributed by atoms with Gasteiger partial charge >= 0.3 is 0 Å². The number of aromatic nitrogens is 1. The van der Waals surface area contributed by atoms with E-state index in [2.05, 4.69) is 60.6 Å². The van der Waals surface area contributed by atoms with Gasteiger partial charge in [0.25, 0.3) is 0 Å². The Kier molecular flexibility index (Phi) is 9.12. The molecule has 5 atom stereocenters. The van der Waals surface area contributed by atoms with Crippen molar-refractivity contribution in [3.05, 3.63) is 82.3 Å². The summed E-state index contributed by atoms with van der Waals surface area (Å²) in [4.78, 5) is 3.38. The van der Waals surface area contributed by atoms with Crippen molar-refractivity contribution in [2.45, 2.75) is 122 Å². The third-order valence-electron chi connectivity index (χ3n) is 11.1.